The summed E-state index contributed by atoms with van der Waals surface area (Å²) in [6.07, 6.45) is 2.04. The van der Waals surface area contributed by atoms with E-state index in [9.17, 15) is 4.79 Å². The quantitative estimate of drug-likeness (QED) is 0.700. The molecule has 0 spiro atoms. The summed E-state index contributed by atoms with van der Waals surface area (Å²) in [6, 6.07) is 2.37. The number of amides is 1. The van der Waals surface area contributed by atoms with Crippen LogP contribution in [-0.4, -0.2) is 54.6 Å². The Kier molecular flexibility index (Phi) is 9.61. The average molecular weight is 439 g/mol. The standard InChI is InChI=1S/C17H26N4OS2.2ClH/c1-4-9-21(12-7-8-18-11-12)16(22)14-10-13-15(23-14)19-17(24-13)20(5-2)6-3;;/h10,12,18H,4-9,11H2,1-3H3;2*1H. The van der Waals surface area contributed by atoms with Gasteiger partial charge in [-0.05, 0) is 39.3 Å². The van der Waals surface area contributed by atoms with Gasteiger partial charge in [-0.1, -0.05) is 18.3 Å². The lowest BCUT2D eigenvalue weighted by Gasteiger charge is -2.27. The topological polar surface area (TPSA) is 48.5 Å². The van der Waals surface area contributed by atoms with Crippen LogP contribution in [-0.2, 0) is 0 Å². The molecule has 1 unspecified atom stereocenters. The predicted octanol–water partition coefficient (Wildman–Crippen LogP) is 4.26. The van der Waals surface area contributed by atoms with Gasteiger partial charge in [0.25, 0.3) is 5.91 Å². The molecule has 1 saturated heterocycles. The lowest BCUT2D eigenvalue weighted by atomic mass is 10.2. The van der Waals surface area contributed by atoms with Gasteiger partial charge in [0.05, 0.1) is 9.58 Å². The minimum Gasteiger partial charge on any atom is -0.349 e. The van der Waals surface area contributed by atoms with Gasteiger partial charge in [-0.2, -0.15) is 0 Å². The largest absolute Gasteiger partial charge is 0.349 e. The van der Waals surface area contributed by atoms with Crippen molar-refractivity contribution >= 4 is 68.1 Å². The Labute approximate surface area is 176 Å². The maximum atomic E-state index is 13.0. The molecule has 0 saturated carbocycles. The molecule has 26 heavy (non-hydrogen) atoms. The molecule has 1 amide bonds. The fourth-order valence-corrected chi connectivity index (χ4v) is 5.49. The summed E-state index contributed by atoms with van der Waals surface area (Å²) in [7, 11) is 0. The second kappa shape index (κ2) is 10.7. The highest BCUT2D eigenvalue weighted by molar-refractivity contribution is 7.29. The normalized spacial score (nSPS) is 16.2. The van der Waals surface area contributed by atoms with Crippen LogP contribution in [0.5, 0.6) is 0 Å². The van der Waals surface area contributed by atoms with Crippen LogP contribution in [0.3, 0.4) is 0 Å². The number of carbonyl (C=O) groups excluding carboxylic acids is 1. The van der Waals surface area contributed by atoms with Crippen LogP contribution in [0.2, 0.25) is 0 Å². The van der Waals surface area contributed by atoms with Gasteiger partial charge in [0.1, 0.15) is 4.83 Å². The first-order valence-corrected chi connectivity index (χ1v) is 10.5. The second-order valence-electron chi connectivity index (χ2n) is 6.09. The van der Waals surface area contributed by atoms with Gasteiger partial charge in [0, 0.05) is 32.2 Å². The number of thiazole rings is 1. The fourth-order valence-electron chi connectivity index (χ4n) is 3.20. The number of fused-ring (bicyclic) bond motifs is 1. The first-order valence-electron chi connectivity index (χ1n) is 8.84. The summed E-state index contributed by atoms with van der Waals surface area (Å²) in [4.78, 5) is 23.9. The van der Waals surface area contributed by atoms with Crippen molar-refractivity contribution in [3.63, 3.8) is 0 Å². The molecule has 0 radical (unpaired) electrons. The number of aromatic nitrogens is 1. The molecule has 2 aromatic rings. The van der Waals surface area contributed by atoms with Crippen LogP contribution >= 0.6 is 47.5 Å². The summed E-state index contributed by atoms with van der Waals surface area (Å²) in [5.41, 5.74) is 0. The van der Waals surface area contributed by atoms with Gasteiger partial charge < -0.3 is 15.1 Å². The highest BCUT2D eigenvalue weighted by Crippen LogP contribution is 2.35. The first kappa shape index (κ1) is 23.4. The minimum atomic E-state index is 0. The van der Waals surface area contributed by atoms with Gasteiger partial charge in [-0.25, -0.2) is 4.98 Å². The van der Waals surface area contributed by atoms with E-state index < -0.39 is 0 Å². The number of nitrogens with one attached hydrogen (secondary N) is 1. The predicted molar refractivity (Wildman–Crippen MR) is 118 cm³/mol. The van der Waals surface area contributed by atoms with Crippen LogP contribution in [0.15, 0.2) is 6.07 Å². The number of hydrogen-bond donors (Lipinski definition) is 1. The van der Waals surface area contributed by atoms with E-state index in [1.165, 1.54) is 11.3 Å². The van der Waals surface area contributed by atoms with Crippen molar-refractivity contribution in [1.82, 2.24) is 15.2 Å². The second-order valence-corrected chi connectivity index (χ2v) is 8.13. The van der Waals surface area contributed by atoms with E-state index >= 15 is 0 Å². The third kappa shape index (κ3) is 4.81. The van der Waals surface area contributed by atoms with E-state index in [1.54, 1.807) is 11.3 Å². The first-order chi connectivity index (χ1) is 11.7. The van der Waals surface area contributed by atoms with E-state index in [1.807, 2.05) is 6.07 Å². The lowest BCUT2D eigenvalue weighted by Crippen LogP contribution is -2.41. The van der Waals surface area contributed by atoms with Crippen molar-refractivity contribution < 1.29 is 4.79 Å². The third-order valence-electron chi connectivity index (χ3n) is 4.52. The summed E-state index contributed by atoms with van der Waals surface area (Å²) < 4.78 is 1.13. The molecule has 1 atom stereocenters. The average Bonchev–Trinajstić information content (AvgIpc) is 3.29. The van der Waals surface area contributed by atoms with Crippen LogP contribution in [0.25, 0.3) is 9.53 Å². The van der Waals surface area contributed by atoms with Gasteiger partial charge >= 0.3 is 0 Å². The lowest BCUT2D eigenvalue weighted by molar-refractivity contribution is 0.0697. The molecule has 5 nitrogen and oxygen atoms in total. The van der Waals surface area contributed by atoms with E-state index in [4.69, 9.17) is 4.98 Å². The Morgan fingerprint density at radius 1 is 1.27 bits per heavy atom. The van der Waals surface area contributed by atoms with Crippen LogP contribution < -0.4 is 10.2 Å². The smallest absolute Gasteiger partial charge is 0.264 e. The Hall–Kier alpha value is -0.600. The molecule has 1 aliphatic rings. The zero-order valence-corrected chi connectivity index (χ0v) is 18.8. The Morgan fingerprint density at radius 3 is 2.54 bits per heavy atom. The molecule has 1 N–H and O–H groups in total. The zero-order chi connectivity index (χ0) is 17.1. The molecule has 3 rings (SSSR count). The Morgan fingerprint density at radius 2 is 2.00 bits per heavy atom. The van der Waals surface area contributed by atoms with Crippen molar-refractivity contribution in [1.29, 1.82) is 0 Å². The molecule has 148 valence electrons. The number of carbonyl (C=O) groups is 1. The maximum absolute atomic E-state index is 13.0. The maximum Gasteiger partial charge on any atom is 0.264 e. The molecule has 3 heterocycles. The molecule has 2 aromatic heterocycles. The van der Waals surface area contributed by atoms with Gasteiger partial charge in [-0.3, -0.25) is 4.79 Å². The monoisotopic (exact) mass is 438 g/mol. The Balaban J connectivity index is 0.00000169. The van der Waals surface area contributed by atoms with Crippen LogP contribution in [0, 0.1) is 0 Å². The number of thiophene rings is 1. The molecule has 1 fully saturated rings. The molecular weight excluding hydrogens is 411 g/mol. The van der Waals surface area contributed by atoms with E-state index in [0.717, 1.165) is 65.1 Å². The van der Waals surface area contributed by atoms with Crippen LogP contribution in [0.1, 0.15) is 43.3 Å². The summed E-state index contributed by atoms with van der Waals surface area (Å²) in [5, 5.41) is 4.43. The van der Waals surface area contributed by atoms with Crippen molar-refractivity contribution in [2.24, 2.45) is 0 Å². The molecule has 0 aliphatic carbocycles. The number of nitrogens with zero attached hydrogens (tertiary/aromatic N) is 3. The van der Waals surface area contributed by atoms with Gasteiger partial charge in [0.2, 0.25) is 0 Å². The van der Waals surface area contributed by atoms with Crippen LogP contribution in [0.4, 0.5) is 5.13 Å². The minimum absolute atomic E-state index is 0. The van der Waals surface area contributed by atoms with E-state index in [2.05, 4.69) is 35.9 Å². The SMILES string of the molecule is CCCN(C(=O)c1cc2sc(N(CC)CC)nc2s1)C1CCNC1.Cl.Cl. The van der Waals surface area contributed by atoms with Crippen molar-refractivity contribution in [2.75, 3.05) is 37.6 Å². The number of anilines is 1. The molecule has 1 aliphatic heterocycles. The highest BCUT2D eigenvalue weighted by atomic mass is 35.5. The highest BCUT2D eigenvalue weighted by Gasteiger charge is 2.28. The van der Waals surface area contributed by atoms with Gasteiger partial charge in [-0.15, -0.1) is 36.2 Å². The summed E-state index contributed by atoms with van der Waals surface area (Å²) in [5.74, 6) is 0.171. The van der Waals surface area contributed by atoms with E-state index in [0.29, 0.717) is 6.04 Å². The van der Waals surface area contributed by atoms with E-state index in [-0.39, 0.29) is 30.7 Å². The number of halogens is 2. The van der Waals surface area contributed by atoms with Gasteiger partial charge in [0.15, 0.2) is 5.13 Å². The van der Waals surface area contributed by atoms with Crippen molar-refractivity contribution in [3.05, 3.63) is 10.9 Å². The molecule has 0 aromatic carbocycles. The Bertz CT molecular complexity index is 665. The molecule has 9 heteroatoms. The number of hydrogen-bond acceptors (Lipinski definition) is 6. The fraction of sp³-hybridized carbons (Fsp3) is 0.647. The van der Waals surface area contributed by atoms with Crippen molar-refractivity contribution in [2.45, 2.75) is 39.7 Å². The summed E-state index contributed by atoms with van der Waals surface area (Å²) in [6.45, 7) is 11.1. The summed E-state index contributed by atoms with van der Waals surface area (Å²) >= 11 is 3.23. The number of rotatable bonds is 7. The molecular formula is C17H28Cl2N4OS2. The molecule has 0 bridgehead atoms. The van der Waals surface area contributed by atoms with Crippen molar-refractivity contribution in [3.8, 4) is 0 Å². The zero-order valence-electron chi connectivity index (χ0n) is 15.5. The third-order valence-corrected chi connectivity index (χ3v) is 6.73.